The number of nitrogen functional groups attached to an aromatic ring is 4. The highest BCUT2D eigenvalue weighted by Gasteiger charge is 2.02. The highest BCUT2D eigenvalue weighted by atomic mass is 32.2. The number of rotatable bonds is 2. The van der Waals surface area contributed by atoms with Crippen LogP contribution in [0.4, 0.5) is 22.7 Å². The molecule has 2 aromatic carbocycles. The van der Waals surface area contributed by atoms with E-state index in [2.05, 4.69) is 0 Å². The fourth-order valence-corrected chi connectivity index (χ4v) is 2.28. The van der Waals surface area contributed by atoms with Crippen LogP contribution in [0.1, 0.15) is 0 Å². The van der Waals surface area contributed by atoms with E-state index in [0.29, 0.717) is 22.7 Å². The van der Waals surface area contributed by atoms with E-state index in [1.165, 1.54) is 0 Å². The molecule has 5 heteroatoms. The lowest BCUT2D eigenvalue weighted by Crippen LogP contribution is -1.95. The average Bonchev–Trinajstić information content (AvgIpc) is 2.29. The minimum Gasteiger partial charge on any atom is -0.397 e. The summed E-state index contributed by atoms with van der Waals surface area (Å²) in [4.78, 5) is 2.03. The van der Waals surface area contributed by atoms with Crippen LogP contribution in [0.2, 0.25) is 0 Å². The largest absolute Gasteiger partial charge is 0.397 e. The molecule has 0 aliphatic rings. The summed E-state index contributed by atoms with van der Waals surface area (Å²) < 4.78 is 0. The van der Waals surface area contributed by atoms with E-state index in [1.807, 2.05) is 24.3 Å². The quantitative estimate of drug-likeness (QED) is 0.608. The number of hydrogen-bond acceptors (Lipinski definition) is 5. The molecule has 0 unspecified atom stereocenters. The molecule has 0 bridgehead atoms. The molecule has 0 amide bonds. The topological polar surface area (TPSA) is 104 Å². The molecule has 0 saturated heterocycles. The van der Waals surface area contributed by atoms with Crippen molar-refractivity contribution in [2.24, 2.45) is 0 Å². The number of hydrogen-bond donors (Lipinski definition) is 4. The van der Waals surface area contributed by atoms with Gasteiger partial charge in [-0.2, -0.15) is 0 Å². The van der Waals surface area contributed by atoms with E-state index in [4.69, 9.17) is 22.9 Å². The fourth-order valence-electron chi connectivity index (χ4n) is 1.37. The Morgan fingerprint density at radius 3 is 1.35 bits per heavy atom. The van der Waals surface area contributed by atoms with Crippen molar-refractivity contribution in [2.75, 3.05) is 22.9 Å². The van der Waals surface area contributed by atoms with Crippen LogP contribution in [-0.2, 0) is 0 Å². The van der Waals surface area contributed by atoms with Gasteiger partial charge in [0, 0.05) is 9.79 Å². The Morgan fingerprint density at radius 1 is 0.588 bits per heavy atom. The summed E-state index contributed by atoms with van der Waals surface area (Å²) >= 11 is 1.56. The second kappa shape index (κ2) is 4.47. The lowest BCUT2D eigenvalue weighted by atomic mass is 10.3. The van der Waals surface area contributed by atoms with Gasteiger partial charge in [0.2, 0.25) is 0 Å². The van der Waals surface area contributed by atoms with Gasteiger partial charge in [0.1, 0.15) is 0 Å². The number of benzene rings is 2. The Labute approximate surface area is 104 Å². The summed E-state index contributed by atoms with van der Waals surface area (Å²) in [5, 5.41) is 0. The Balaban J connectivity index is 2.25. The molecule has 0 radical (unpaired) electrons. The lowest BCUT2D eigenvalue weighted by molar-refractivity contribution is 1.41. The number of nitrogens with two attached hydrogens (primary N) is 4. The Kier molecular flexibility index (Phi) is 3.01. The van der Waals surface area contributed by atoms with E-state index in [0.717, 1.165) is 9.79 Å². The van der Waals surface area contributed by atoms with E-state index in [1.54, 1.807) is 23.9 Å². The summed E-state index contributed by atoms with van der Waals surface area (Å²) in [6, 6.07) is 11.1. The summed E-state index contributed by atoms with van der Waals surface area (Å²) in [5.41, 5.74) is 25.1. The van der Waals surface area contributed by atoms with Crippen LogP contribution in [-0.4, -0.2) is 0 Å². The molecule has 0 aliphatic carbocycles. The summed E-state index contributed by atoms with van der Waals surface area (Å²) in [7, 11) is 0. The average molecular weight is 246 g/mol. The highest BCUT2D eigenvalue weighted by molar-refractivity contribution is 7.99. The van der Waals surface area contributed by atoms with Gasteiger partial charge in [-0.15, -0.1) is 0 Å². The molecular formula is C12H14N4S. The molecule has 0 saturated carbocycles. The molecule has 0 aromatic heterocycles. The van der Waals surface area contributed by atoms with E-state index >= 15 is 0 Å². The number of anilines is 4. The van der Waals surface area contributed by atoms with Gasteiger partial charge in [0.25, 0.3) is 0 Å². The van der Waals surface area contributed by atoms with Gasteiger partial charge in [-0.25, -0.2) is 0 Å². The Morgan fingerprint density at radius 2 is 1.00 bits per heavy atom. The first-order valence-corrected chi connectivity index (χ1v) is 5.86. The first-order valence-electron chi connectivity index (χ1n) is 5.04. The predicted octanol–water partition coefficient (Wildman–Crippen LogP) is 2.17. The van der Waals surface area contributed by atoms with Crippen LogP contribution < -0.4 is 22.9 Å². The minimum absolute atomic E-state index is 0.582. The van der Waals surface area contributed by atoms with Crippen molar-refractivity contribution in [2.45, 2.75) is 9.79 Å². The second-order valence-corrected chi connectivity index (χ2v) is 4.83. The maximum absolute atomic E-state index is 5.75. The molecular weight excluding hydrogens is 232 g/mol. The van der Waals surface area contributed by atoms with Gasteiger partial charge in [-0.05, 0) is 36.4 Å². The van der Waals surface area contributed by atoms with Crippen LogP contribution in [0, 0.1) is 0 Å². The first-order chi connectivity index (χ1) is 8.06. The van der Waals surface area contributed by atoms with Crippen LogP contribution in [0.5, 0.6) is 0 Å². The van der Waals surface area contributed by atoms with Crippen LogP contribution in [0.15, 0.2) is 46.2 Å². The second-order valence-electron chi connectivity index (χ2n) is 3.68. The molecule has 0 spiro atoms. The van der Waals surface area contributed by atoms with Crippen LogP contribution in [0.25, 0.3) is 0 Å². The van der Waals surface area contributed by atoms with Crippen molar-refractivity contribution in [3.05, 3.63) is 36.4 Å². The normalized spacial score (nSPS) is 10.4. The predicted molar refractivity (Wildman–Crippen MR) is 74.7 cm³/mol. The van der Waals surface area contributed by atoms with Gasteiger partial charge in [0.05, 0.1) is 22.7 Å². The minimum atomic E-state index is 0.582. The van der Waals surface area contributed by atoms with Crippen molar-refractivity contribution in [3.8, 4) is 0 Å². The smallest absolute Gasteiger partial charge is 0.0559 e. The molecule has 0 heterocycles. The van der Waals surface area contributed by atoms with Gasteiger partial charge in [-0.1, -0.05) is 11.8 Å². The molecule has 8 N–H and O–H groups in total. The third-order valence-corrected chi connectivity index (χ3v) is 3.33. The molecule has 4 nitrogen and oxygen atoms in total. The molecule has 0 atom stereocenters. The monoisotopic (exact) mass is 246 g/mol. The zero-order valence-corrected chi connectivity index (χ0v) is 10.00. The lowest BCUT2D eigenvalue weighted by Gasteiger charge is -2.06. The molecule has 2 rings (SSSR count). The first kappa shape index (κ1) is 11.5. The molecule has 17 heavy (non-hydrogen) atoms. The van der Waals surface area contributed by atoms with Gasteiger partial charge in [-0.3, -0.25) is 0 Å². The van der Waals surface area contributed by atoms with E-state index < -0.39 is 0 Å². The third kappa shape index (κ3) is 2.57. The Bertz CT molecular complexity index is 505. The van der Waals surface area contributed by atoms with E-state index in [9.17, 15) is 0 Å². The van der Waals surface area contributed by atoms with Crippen molar-refractivity contribution in [1.82, 2.24) is 0 Å². The van der Waals surface area contributed by atoms with Crippen molar-refractivity contribution >= 4 is 34.5 Å². The van der Waals surface area contributed by atoms with Crippen molar-refractivity contribution in [3.63, 3.8) is 0 Å². The SMILES string of the molecule is Nc1ccc(Sc2ccc(N)c(N)c2)cc1N. The maximum Gasteiger partial charge on any atom is 0.0559 e. The van der Waals surface area contributed by atoms with Crippen LogP contribution in [0.3, 0.4) is 0 Å². The molecule has 2 aromatic rings. The summed E-state index contributed by atoms with van der Waals surface area (Å²) in [6.07, 6.45) is 0. The van der Waals surface area contributed by atoms with Gasteiger partial charge in [0.15, 0.2) is 0 Å². The van der Waals surface area contributed by atoms with Crippen molar-refractivity contribution < 1.29 is 0 Å². The summed E-state index contributed by atoms with van der Waals surface area (Å²) in [6.45, 7) is 0. The standard InChI is InChI=1S/C12H14N4S/c13-9-3-1-7(5-11(9)15)17-8-2-4-10(14)12(16)6-8/h1-6H,13-16H2. The van der Waals surface area contributed by atoms with E-state index in [-0.39, 0.29) is 0 Å². The highest BCUT2D eigenvalue weighted by Crippen LogP contribution is 2.32. The zero-order valence-electron chi connectivity index (χ0n) is 9.18. The van der Waals surface area contributed by atoms with Crippen molar-refractivity contribution in [1.29, 1.82) is 0 Å². The van der Waals surface area contributed by atoms with Gasteiger partial charge >= 0.3 is 0 Å². The molecule has 0 aliphatic heterocycles. The summed E-state index contributed by atoms with van der Waals surface area (Å²) in [5.74, 6) is 0. The maximum atomic E-state index is 5.75. The zero-order chi connectivity index (χ0) is 12.4. The third-order valence-electron chi connectivity index (χ3n) is 2.35. The van der Waals surface area contributed by atoms with Crippen LogP contribution >= 0.6 is 11.8 Å². The molecule has 0 fully saturated rings. The fraction of sp³-hybridized carbons (Fsp3) is 0. The Hall–Kier alpha value is -2.01. The van der Waals surface area contributed by atoms with Gasteiger partial charge < -0.3 is 22.9 Å². The molecule has 88 valence electrons.